The molecule has 0 atom stereocenters. The van der Waals surface area contributed by atoms with Crippen LogP contribution in [0.5, 0.6) is 0 Å². The average Bonchev–Trinajstić information content (AvgIpc) is 2.62. The summed E-state index contributed by atoms with van der Waals surface area (Å²) in [4.78, 5) is 26.1. The van der Waals surface area contributed by atoms with Gasteiger partial charge in [-0.05, 0) is 44.9 Å². The Morgan fingerprint density at radius 3 is 2.20 bits per heavy atom. The molecule has 1 heterocycles. The molecule has 5 heteroatoms. The molecular weight excluding hydrogens is 312 g/mol. The van der Waals surface area contributed by atoms with Crippen LogP contribution in [-0.2, 0) is 0 Å². The molecule has 0 radical (unpaired) electrons. The zero-order chi connectivity index (χ0) is 18.2. The van der Waals surface area contributed by atoms with Crippen molar-refractivity contribution in [2.45, 2.75) is 40.5 Å². The predicted octanol–water partition coefficient (Wildman–Crippen LogP) is 4.08. The molecule has 2 aromatic rings. The summed E-state index contributed by atoms with van der Waals surface area (Å²) in [5.41, 5.74) is 2.15. The Balaban J connectivity index is 2.36. The number of aromatic nitrogens is 2. The lowest BCUT2D eigenvalue weighted by molar-refractivity contribution is 0.0983. The maximum atomic E-state index is 13.0. The van der Waals surface area contributed by atoms with Gasteiger partial charge < -0.3 is 9.80 Å². The smallest absolute Gasteiger partial charge is 0.277 e. The van der Waals surface area contributed by atoms with Crippen LogP contribution in [0.1, 0.15) is 49.8 Å². The van der Waals surface area contributed by atoms with Gasteiger partial charge in [0.25, 0.3) is 5.91 Å². The Bertz CT molecular complexity index is 681. The summed E-state index contributed by atoms with van der Waals surface area (Å²) in [7, 11) is 0. The van der Waals surface area contributed by atoms with E-state index in [0.717, 1.165) is 37.3 Å². The van der Waals surface area contributed by atoms with Crippen molar-refractivity contribution in [2.24, 2.45) is 0 Å². The van der Waals surface area contributed by atoms with Crippen LogP contribution in [0.4, 0.5) is 11.6 Å². The van der Waals surface area contributed by atoms with Gasteiger partial charge in [-0.15, -0.1) is 0 Å². The van der Waals surface area contributed by atoms with Crippen molar-refractivity contribution in [2.75, 3.05) is 29.4 Å². The highest BCUT2D eigenvalue weighted by molar-refractivity contribution is 6.04. The highest BCUT2D eigenvalue weighted by Crippen LogP contribution is 2.18. The lowest BCUT2D eigenvalue weighted by atomic mass is 10.2. The van der Waals surface area contributed by atoms with Crippen LogP contribution in [-0.4, -0.2) is 35.5 Å². The highest BCUT2D eigenvalue weighted by atomic mass is 16.2. The lowest BCUT2D eigenvalue weighted by Crippen LogP contribution is -2.33. The minimum absolute atomic E-state index is 0.0894. The van der Waals surface area contributed by atoms with Gasteiger partial charge in [-0.3, -0.25) is 4.79 Å². The molecule has 1 aromatic carbocycles. The monoisotopic (exact) mass is 340 g/mol. The van der Waals surface area contributed by atoms with Crippen molar-refractivity contribution in [3.8, 4) is 0 Å². The Morgan fingerprint density at radius 2 is 1.64 bits per heavy atom. The van der Waals surface area contributed by atoms with E-state index in [1.54, 1.807) is 11.0 Å². The van der Waals surface area contributed by atoms with Gasteiger partial charge in [-0.1, -0.05) is 32.0 Å². The van der Waals surface area contributed by atoms with Crippen molar-refractivity contribution >= 4 is 17.5 Å². The first-order valence-corrected chi connectivity index (χ1v) is 9.08. The standard InChI is InChI=1S/C20H28N4O/c1-5-13-23(14-6-2)20-21-16(4)15-18(22-20)19(25)24(7-3)17-11-9-8-10-12-17/h8-12,15H,5-7,13-14H2,1-4H3. The van der Waals surface area contributed by atoms with E-state index in [9.17, 15) is 4.79 Å². The molecule has 25 heavy (non-hydrogen) atoms. The third kappa shape index (κ3) is 4.78. The molecule has 1 aromatic heterocycles. The SMILES string of the molecule is CCCN(CCC)c1nc(C)cc(C(=O)N(CC)c2ccccc2)n1. The summed E-state index contributed by atoms with van der Waals surface area (Å²) in [5, 5.41) is 0. The van der Waals surface area contributed by atoms with Crippen molar-refractivity contribution in [3.05, 3.63) is 47.8 Å². The number of amides is 1. The maximum absolute atomic E-state index is 13.0. The van der Waals surface area contributed by atoms with Crippen molar-refractivity contribution < 1.29 is 4.79 Å². The second-order valence-electron chi connectivity index (χ2n) is 6.07. The fourth-order valence-corrected chi connectivity index (χ4v) is 2.85. The molecule has 0 aliphatic rings. The zero-order valence-corrected chi connectivity index (χ0v) is 15.7. The third-order valence-corrected chi connectivity index (χ3v) is 3.96. The quantitative estimate of drug-likeness (QED) is 0.726. The number of carbonyl (C=O) groups excluding carboxylic acids is 1. The van der Waals surface area contributed by atoms with Gasteiger partial charge in [0.15, 0.2) is 0 Å². The summed E-state index contributed by atoms with van der Waals surface area (Å²) in [6, 6.07) is 11.5. The van der Waals surface area contributed by atoms with E-state index >= 15 is 0 Å². The summed E-state index contributed by atoms with van der Waals surface area (Å²) < 4.78 is 0. The maximum Gasteiger partial charge on any atom is 0.277 e. The van der Waals surface area contributed by atoms with Crippen LogP contribution in [0.15, 0.2) is 36.4 Å². The second-order valence-corrected chi connectivity index (χ2v) is 6.07. The van der Waals surface area contributed by atoms with Gasteiger partial charge in [-0.25, -0.2) is 9.97 Å². The lowest BCUT2D eigenvalue weighted by Gasteiger charge is -2.24. The van der Waals surface area contributed by atoms with E-state index in [4.69, 9.17) is 0 Å². The average molecular weight is 340 g/mol. The number of para-hydroxylation sites is 1. The zero-order valence-electron chi connectivity index (χ0n) is 15.7. The highest BCUT2D eigenvalue weighted by Gasteiger charge is 2.20. The van der Waals surface area contributed by atoms with Crippen LogP contribution in [0.3, 0.4) is 0 Å². The van der Waals surface area contributed by atoms with Gasteiger partial charge in [0.2, 0.25) is 5.95 Å². The summed E-state index contributed by atoms with van der Waals surface area (Å²) in [6.07, 6.45) is 2.04. The van der Waals surface area contributed by atoms with Gasteiger partial charge in [0.05, 0.1) is 0 Å². The van der Waals surface area contributed by atoms with E-state index < -0.39 is 0 Å². The Hall–Kier alpha value is -2.43. The van der Waals surface area contributed by atoms with Gasteiger partial charge in [0, 0.05) is 31.0 Å². The number of benzene rings is 1. The van der Waals surface area contributed by atoms with E-state index in [1.165, 1.54) is 0 Å². The first kappa shape index (κ1) is 18.9. The number of hydrogen-bond acceptors (Lipinski definition) is 4. The van der Waals surface area contributed by atoms with Crippen LogP contribution in [0.2, 0.25) is 0 Å². The number of nitrogens with zero attached hydrogens (tertiary/aromatic N) is 4. The molecule has 0 unspecified atom stereocenters. The number of carbonyl (C=O) groups is 1. The van der Waals surface area contributed by atoms with Crippen LogP contribution < -0.4 is 9.80 Å². The van der Waals surface area contributed by atoms with Crippen molar-refractivity contribution in [3.63, 3.8) is 0 Å². The van der Waals surface area contributed by atoms with Crippen molar-refractivity contribution in [1.82, 2.24) is 9.97 Å². The fourth-order valence-electron chi connectivity index (χ4n) is 2.85. The molecule has 0 fully saturated rings. The second kappa shape index (κ2) is 9.16. The number of anilines is 2. The van der Waals surface area contributed by atoms with E-state index in [2.05, 4.69) is 28.7 Å². The minimum Gasteiger partial charge on any atom is -0.341 e. The van der Waals surface area contributed by atoms with Crippen LogP contribution >= 0.6 is 0 Å². The van der Waals surface area contributed by atoms with Gasteiger partial charge in [-0.2, -0.15) is 0 Å². The largest absolute Gasteiger partial charge is 0.341 e. The molecule has 0 aliphatic carbocycles. The molecule has 0 saturated carbocycles. The first-order chi connectivity index (χ1) is 12.1. The van der Waals surface area contributed by atoms with E-state index in [1.807, 2.05) is 44.2 Å². The van der Waals surface area contributed by atoms with Crippen LogP contribution in [0.25, 0.3) is 0 Å². The summed E-state index contributed by atoms with van der Waals surface area (Å²) in [5.74, 6) is 0.560. The molecule has 0 saturated heterocycles. The molecule has 0 aliphatic heterocycles. The molecule has 134 valence electrons. The third-order valence-electron chi connectivity index (χ3n) is 3.96. The van der Waals surface area contributed by atoms with E-state index in [-0.39, 0.29) is 5.91 Å². The molecule has 0 bridgehead atoms. The van der Waals surface area contributed by atoms with Gasteiger partial charge >= 0.3 is 0 Å². The Labute approximate surface area is 150 Å². The summed E-state index contributed by atoms with van der Waals surface area (Å²) >= 11 is 0. The Kier molecular flexibility index (Phi) is 6.92. The summed E-state index contributed by atoms with van der Waals surface area (Å²) in [6.45, 7) is 10.5. The molecule has 0 spiro atoms. The molecular formula is C20H28N4O. The topological polar surface area (TPSA) is 49.3 Å². The normalized spacial score (nSPS) is 10.6. The van der Waals surface area contributed by atoms with Crippen molar-refractivity contribution in [1.29, 1.82) is 0 Å². The predicted molar refractivity (Wildman–Crippen MR) is 103 cm³/mol. The van der Waals surface area contributed by atoms with Gasteiger partial charge in [0.1, 0.15) is 5.69 Å². The van der Waals surface area contributed by atoms with E-state index in [0.29, 0.717) is 18.2 Å². The minimum atomic E-state index is -0.0894. The number of rotatable bonds is 8. The van der Waals surface area contributed by atoms with Crippen LogP contribution in [0, 0.1) is 6.92 Å². The Morgan fingerprint density at radius 1 is 1.00 bits per heavy atom. The fraction of sp³-hybridized carbons (Fsp3) is 0.450. The molecule has 1 amide bonds. The first-order valence-electron chi connectivity index (χ1n) is 9.08. The number of hydrogen-bond donors (Lipinski definition) is 0. The molecule has 5 nitrogen and oxygen atoms in total. The molecule has 2 rings (SSSR count). The molecule has 0 N–H and O–H groups in total. The number of aryl methyl sites for hydroxylation is 1.